The Morgan fingerprint density at radius 1 is 1.40 bits per heavy atom. The average Bonchev–Trinajstić information content (AvgIpc) is 3.51. The lowest BCUT2D eigenvalue weighted by atomic mass is 10.1. The van der Waals surface area contributed by atoms with E-state index in [4.69, 9.17) is 26.3 Å². The highest BCUT2D eigenvalue weighted by molar-refractivity contribution is 6.30. The first-order chi connectivity index (χ1) is 16.5. The molecule has 186 valence electrons. The van der Waals surface area contributed by atoms with Crippen LogP contribution in [-0.4, -0.2) is 45.9 Å². The minimum Gasteiger partial charge on any atom is -0.482 e. The van der Waals surface area contributed by atoms with Crippen molar-refractivity contribution in [1.29, 1.82) is 5.26 Å². The number of halogens is 4. The van der Waals surface area contributed by atoms with Gasteiger partial charge in [-0.05, 0) is 37.6 Å². The van der Waals surface area contributed by atoms with Gasteiger partial charge in [0.25, 0.3) is 5.56 Å². The Morgan fingerprint density at radius 2 is 2.09 bits per heavy atom. The Labute approximate surface area is 204 Å². The molecule has 0 amide bonds. The Balaban J connectivity index is 2.13. The molecule has 0 radical (unpaired) electrons. The molecule has 0 bridgehead atoms. The third-order valence-corrected chi connectivity index (χ3v) is 5.30. The zero-order chi connectivity index (χ0) is 25.9. The molecule has 0 spiro atoms. The molecule has 1 atom stereocenters. The maximum absolute atomic E-state index is 13.7. The number of methoxy groups -OCH3 is 1. The number of aliphatic hydroxyl groups is 1. The van der Waals surface area contributed by atoms with Crippen molar-refractivity contribution in [3.05, 3.63) is 74.3 Å². The van der Waals surface area contributed by atoms with Gasteiger partial charge >= 0.3 is 6.18 Å². The number of hydrogen-bond donors (Lipinski definition) is 1. The Kier molecular flexibility index (Phi) is 7.77. The summed E-state index contributed by atoms with van der Waals surface area (Å²) < 4.78 is 52.8. The van der Waals surface area contributed by atoms with E-state index in [-0.39, 0.29) is 35.5 Å². The molecule has 0 aliphatic carbocycles. The molecule has 1 fully saturated rings. The molecule has 1 N–H and O–H groups in total. The van der Waals surface area contributed by atoms with E-state index in [1.807, 2.05) is 17.9 Å². The molecular formula is C23H22ClF3N4O4. The van der Waals surface area contributed by atoms with E-state index in [0.29, 0.717) is 23.6 Å². The predicted octanol–water partition coefficient (Wildman–Crippen LogP) is 4.08. The van der Waals surface area contributed by atoms with Crippen LogP contribution in [0.3, 0.4) is 0 Å². The van der Waals surface area contributed by atoms with Crippen molar-refractivity contribution in [2.24, 2.45) is 0 Å². The van der Waals surface area contributed by atoms with Crippen LogP contribution in [0.15, 0.2) is 52.4 Å². The van der Waals surface area contributed by atoms with Crippen LogP contribution in [0.5, 0.6) is 11.5 Å². The summed E-state index contributed by atoms with van der Waals surface area (Å²) in [6.45, 7) is 3.84. The molecule has 1 aliphatic rings. The monoisotopic (exact) mass is 510 g/mol. The first kappa shape index (κ1) is 26.1. The van der Waals surface area contributed by atoms with Crippen molar-refractivity contribution in [2.45, 2.75) is 32.6 Å². The molecule has 35 heavy (non-hydrogen) atoms. The second kappa shape index (κ2) is 10.4. The van der Waals surface area contributed by atoms with Gasteiger partial charge in [-0.15, -0.1) is 0 Å². The number of benzene rings is 1. The molecule has 8 nitrogen and oxygen atoms in total. The molecule has 2 aromatic rings. The van der Waals surface area contributed by atoms with Gasteiger partial charge in [0.05, 0.1) is 38.2 Å². The standard InChI is InChI=1S/C23H22ClF3N4O4/c1-13(11-32)4-16(22(34-3)31-9-14(31)2)10-30-12-29-20(23(25,26)27)19(21(30)33)35-18-6-15(8-28)5-17(24)7-18/h4-7,12,14,32H,9-11H2,1-3H3. The lowest BCUT2D eigenvalue weighted by Crippen LogP contribution is -2.27. The number of nitrogens with zero attached hydrogens (tertiary/aromatic N) is 4. The summed E-state index contributed by atoms with van der Waals surface area (Å²) in [4.78, 5) is 18.5. The highest BCUT2D eigenvalue weighted by atomic mass is 35.5. The molecule has 1 aromatic heterocycles. The van der Waals surface area contributed by atoms with Gasteiger partial charge in [-0.2, -0.15) is 18.4 Å². The van der Waals surface area contributed by atoms with Gasteiger partial charge in [-0.1, -0.05) is 17.7 Å². The van der Waals surface area contributed by atoms with Crippen LogP contribution < -0.4 is 10.3 Å². The number of ether oxygens (including phenoxy) is 2. The SMILES string of the molecule is COC(=C(C=C(C)CO)Cn1cnc(C(F)(F)F)c(Oc2cc(Cl)cc(C#N)c2)c1=O)N1CC1C. The smallest absolute Gasteiger partial charge is 0.437 e. The molecule has 3 rings (SSSR count). The van der Waals surface area contributed by atoms with Gasteiger partial charge < -0.3 is 19.5 Å². The van der Waals surface area contributed by atoms with E-state index >= 15 is 0 Å². The van der Waals surface area contributed by atoms with Crippen molar-refractivity contribution in [2.75, 3.05) is 20.3 Å². The van der Waals surface area contributed by atoms with Gasteiger partial charge in [-0.25, -0.2) is 4.98 Å². The maximum Gasteiger partial charge on any atom is 0.437 e. The lowest BCUT2D eigenvalue weighted by molar-refractivity contribution is -0.142. The number of aliphatic hydroxyl groups excluding tert-OH is 1. The van der Waals surface area contributed by atoms with Crippen LogP contribution in [0, 0.1) is 11.3 Å². The highest BCUT2D eigenvalue weighted by Gasteiger charge is 2.39. The first-order valence-corrected chi connectivity index (χ1v) is 10.7. The van der Waals surface area contributed by atoms with Crippen molar-refractivity contribution in [3.63, 3.8) is 0 Å². The maximum atomic E-state index is 13.7. The third kappa shape index (κ3) is 6.15. The van der Waals surface area contributed by atoms with Crippen LogP contribution in [0.25, 0.3) is 0 Å². The Hall–Kier alpha value is -3.49. The molecule has 1 aliphatic heterocycles. The summed E-state index contributed by atoms with van der Waals surface area (Å²) in [5.41, 5.74) is -1.58. The zero-order valence-electron chi connectivity index (χ0n) is 19.1. The van der Waals surface area contributed by atoms with E-state index < -0.39 is 23.2 Å². The van der Waals surface area contributed by atoms with Crippen molar-refractivity contribution < 1.29 is 27.8 Å². The number of allylic oxidation sites excluding steroid dienone is 2. The molecule has 2 heterocycles. The van der Waals surface area contributed by atoms with Crippen LogP contribution in [0.1, 0.15) is 25.1 Å². The van der Waals surface area contributed by atoms with E-state index in [0.717, 1.165) is 17.0 Å². The number of rotatable bonds is 8. The second-order valence-corrected chi connectivity index (χ2v) is 8.36. The predicted molar refractivity (Wildman–Crippen MR) is 121 cm³/mol. The van der Waals surface area contributed by atoms with Gasteiger partial charge in [0.15, 0.2) is 11.6 Å². The highest BCUT2D eigenvalue weighted by Crippen LogP contribution is 2.35. The zero-order valence-corrected chi connectivity index (χ0v) is 19.8. The molecular weight excluding hydrogens is 489 g/mol. The van der Waals surface area contributed by atoms with Crippen LogP contribution in [0.2, 0.25) is 5.02 Å². The van der Waals surface area contributed by atoms with E-state index in [2.05, 4.69) is 4.98 Å². The minimum absolute atomic E-state index is 0.0393. The summed E-state index contributed by atoms with van der Waals surface area (Å²) in [6, 6.07) is 5.64. The van der Waals surface area contributed by atoms with E-state index in [9.17, 15) is 23.1 Å². The van der Waals surface area contributed by atoms with Crippen molar-refractivity contribution >= 4 is 11.6 Å². The summed E-state index contributed by atoms with van der Waals surface area (Å²) in [6.07, 6.45) is -2.61. The number of nitriles is 1. The van der Waals surface area contributed by atoms with Gasteiger partial charge in [0, 0.05) is 23.2 Å². The Morgan fingerprint density at radius 3 is 2.63 bits per heavy atom. The summed E-state index contributed by atoms with van der Waals surface area (Å²) in [5, 5.41) is 18.6. The molecule has 1 aromatic carbocycles. The van der Waals surface area contributed by atoms with Crippen molar-refractivity contribution in [1.82, 2.24) is 14.5 Å². The van der Waals surface area contributed by atoms with Crippen molar-refractivity contribution in [3.8, 4) is 17.6 Å². The number of hydrogen-bond acceptors (Lipinski definition) is 7. The van der Waals surface area contributed by atoms with E-state index in [1.165, 1.54) is 19.2 Å². The fourth-order valence-corrected chi connectivity index (χ4v) is 3.56. The minimum atomic E-state index is -4.98. The van der Waals surface area contributed by atoms with Crippen LogP contribution in [-0.2, 0) is 17.5 Å². The van der Waals surface area contributed by atoms with Crippen LogP contribution in [0.4, 0.5) is 13.2 Å². The quantitative estimate of drug-likeness (QED) is 0.324. The number of aromatic nitrogens is 2. The largest absolute Gasteiger partial charge is 0.482 e. The summed E-state index contributed by atoms with van der Waals surface area (Å²) in [7, 11) is 1.44. The summed E-state index contributed by atoms with van der Waals surface area (Å²) >= 11 is 5.92. The van der Waals surface area contributed by atoms with E-state index in [1.54, 1.807) is 13.0 Å². The second-order valence-electron chi connectivity index (χ2n) is 7.93. The molecule has 0 saturated carbocycles. The Bertz CT molecular complexity index is 1280. The van der Waals surface area contributed by atoms with Crippen LogP contribution >= 0.6 is 11.6 Å². The molecule has 1 unspecified atom stereocenters. The summed E-state index contributed by atoms with van der Waals surface area (Å²) in [5.74, 6) is -0.862. The third-order valence-electron chi connectivity index (χ3n) is 5.08. The molecule has 1 saturated heterocycles. The normalized spacial score (nSPS) is 16.5. The number of alkyl halides is 3. The fourth-order valence-electron chi connectivity index (χ4n) is 3.34. The van der Waals surface area contributed by atoms with Gasteiger partial charge in [0.2, 0.25) is 5.75 Å². The average molecular weight is 511 g/mol. The first-order valence-electron chi connectivity index (χ1n) is 10.4. The topological polar surface area (TPSA) is 100 Å². The fraction of sp³-hybridized carbons (Fsp3) is 0.348. The molecule has 12 heteroatoms. The van der Waals surface area contributed by atoms with Gasteiger partial charge in [0.1, 0.15) is 5.75 Å². The van der Waals surface area contributed by atoms with Gasteiger partial charge in [-0.3, -0.25) is 9.36 Å². The lowest BCUT2D eigenvalue weighted by Gasteiger charge is -2.17.